The Morgan fingerprint density at radius 2 is 2.00 bits per heavy atom. The van der Waals surface area contributed by atoms with E-state index < -0.39 is 17.6 Å². The Kier molecular flexibility index (Phi) is 4.37. The molecular weight excluding hydrogens is 343 g/mol. The Morgan fingerprint density at radius 3 is 2.78 bits per heavy atom. The molecule has 1 aromatic carbocycles. The van der Waals surface area contributed by atoms with Crippen molar-refractivity contribution in [1.29, 1.82) is 0 Å². The molecule has 0 aromatic heterocycles. The molecule has 0 fully saturated rings. The highest BCUT2D eigenvalue weighted by atomic mass is 35.5. The highest BCUT2D eigenvalue weighted by Crippen LogP contribution is 2.37. The van der Waals surface area contributed by atoms with Crippen LogP contribution in [0.25, 0.3) is 5.57 Å². The molecule has 0 radical (unpaired) electrons. The number of halogens is 4. The Labute approximate surface area is 141 Å². The molecule has 2 aliphatic rings. The predicted molar refractivity (Wildman–Crippen MR) is 88.5 cm³/mol. The second kappa shape index (κ2) is 6.30. The van der Waals surface area contributed by atoms with Crippen molar-refractivity contribution in [1.82, 2.24) is 0 Å². The summed E-state index contributed by atoms with van der Waals surface area (Å²) in [6.07, 6.45) is 7.47. The van der Waals surface area contributed by atoms with Gasteiger partial charge in [0.15, 0.2) is 0 Å². The summed E-state index contributed by atoms with van der Waals surface area (Å²) >= 11 is 11.6. The Hall–Kier alpha value is -1.91. The zero-order valence-electron chi connectivity index (χ0n) is 11.8. The first-order valence-corrected chi connectivity index (χ1v) is 7.67. The molecule has 1 heterocycles. The summed E-state index contributed by atoms with van der Waals surface area (Å²) in [7, 11) is 0. The predicted octanol–water partition coefficient (Wildman–Crippen LogP) is 5.51. The largest absolute Gasteiger partial charge is 0.321 e. The molecule has 1 N–H and O–H groups in total. The van der Waals surface area contributed by atoms with Gasteiger partial charge in [0.05, 0.1) is 15.7 Å². The lowest BCUT2D eigenvalue weighted by atomic mass is 10.0. The number of anilines is 1. The molecule has 0 unspecified atom stereocenters. The van der Waals surface area contributed by atoms with Crippen molar-refractivity contribution in [2.24, 2.45) is 0 Å². The summed E-state index contributed by atoms with van der Waals surface area (Å²) in [6.45, 7) is 0. The fraction of sp³-hybridized carbons (Fsp3) is 0.118. The number of amides is 1. The van der Waals surface area contributed by atoms with Crippen molar-refractivity contribution in [3.8, 4) is 0 Å². The third kappa shape index (κ3) is 3.09. The highest BCUT2D eigenvalue weighted by molar-refractivity contribution is 6.35. The number of hydrogen-bond donors (Lipinski definition) is 1. The molecule has 1 aliphatic heterocycles. The normalized spacial score (nSPS) is 19.4. The minimum Gasteiger partial charge on any atom is -0.321 e. The summed E-state index contributed by atoms with van der Waals surface area (Å²) in [5.41, 5.74) is 1.06. The van der Waals surface area contributed by atoms with Crippen molar-refractivity contribution >= 4 is 40.4 Å². The molecule has 2 nitrogen and oxygen atoms in total. The van der Waals surface area contributed by atoms with Crippen LogP contribution in [-0.4, -0.2) is 5.91 Å². The van der Waals surface area contributed by atoms with E-state index in [9.17, 15) is 13.6 Å². The molecule has 0 saturated carbocycles. The molecular formula is C17H11Cl2F2NO. The van der Waals surface area contributed by atoms with Crippen LogP contribution in [0.4, 0.5) is 14.5 Å². The van der Waals surface area contributed by atoms with Gasteiger partial charge in [0.1, 0.15) is 11.6 Å². The SMILES string of the molecule is O=C1Nc2cc(Cl)c(F)cc2/C1=C\C1=CC=CCCC(Cl)=C1F. The van der Waals surface area contributed by atoms with Gasteiger partial charge in [-0.25, -0.2) is 8.78 Å². The van der Waals surface area contributed by atoms with Crippen molar-refractivity contribution in [2.75, 3.05) is 5.32 Å². The van der Waals surface area contributed by atoms with Gasteiger partial charge >= 0.3 is 0 Å². The fourth-order valence-electron chi connectivity index (χ4n) is 2.41. The minimum absolute atomic E-state index is 0.0903. The van der Waals surface area contributed by atoms with Gasteiger partial charge in [-0.1, -0.05) is 41.4 Å². The number of rotatable bonds is 1. The van der Waals surface area contributed by atoms with E-state index in [1.165, 1.54) is 18.2 Å². The number of fused-ring (bicyclic) bond motifs is 1. The molecule has 118 valence electrons. The van der Waals surface area contributed by atoms with Gasteiger partial charge in [0, 0.05) is 16.7 Å². The zero-order valence-corrected chi connectivity index (χ0v) is 13.3. The number of benzene rings is 1. The molecule has 0 atom stereocenters. The van der Waals surface area contributed by atoms with Crippen LogP contribution in [-0.2, 0) is 4.79 Å². The quantitative estimate of drug-likeness (QED) is 0.662. The van der Waals surface area contributed by atoms with E-state index in [2.05, 4.69) is 5.32 Å². The summed E-state index contributed by atoms with van der Waals surface area (Å²) in [5.74, 6) is -1.68. The van der Waals surface area contributed by atoms with Crippen molar-refractivity contribution in [3.63, 3.8) is 0 Å². The average Bonchev–Trinajstić information content (AvgIpc) is 2.79. The third-order valence-corrected chi connectivity index (χ3v) is 4.22. The molecule has 6 heteroatoms. The first kappa shape index (κ1) is 16.0. The van der Waals surface area contributed by atoms with E-state index in [1.807, 2.05) is 6.08 Å². The second-order valence-electron chi connectivity index (χ2n) is 5.13. The molecule has 0 spiro atoms. The molecule has 0 saturated heterocycles. The number of nitrogens with one attached hydrogen (secondary N) is 1. The van der Waals surface area contributed by atoms with E-state index in [-0.39, 0.29) is 21.2 Å². The van der Waals surface area contributed by atoms with Gasteiger partial charge in [-0.3, -0.25) is 4.79 Å². The van der Waals surface area contributed by atoms with E-state index >= 15 is 0 Å². The van der Waals surface area contributed by atoms with Gasteiger partial charge in [-0.05, 0) is 31.1 Å². The molecule has 23 heavy (non-hydrogen) atoms. The monoisotopic (exact) mass is 353 g/mol. The first-order chi connectivity index (χ1) is 11.0. The van der Waals surface area contributed by atoms with Crippen LogP contribution in [0.15, 0.2) is 52.9 Å². The molecule has 1 aliphatic carbocycles. The number of allylic oxidation sites excluding steroid dienone is 7. The van der Waals surface area contributed by atoms with Crippen molar-refractivity contribution in [2.45, 2.75) is 12.8 Å². The van der Waals surface area contributed by atoms with E-state index in [1.54, 1.807) is 6.08 Å². The molecule has 3 rings (SSSR count). The van der Waals surface area contributed by atoms with Crippen LogP contribution in [0.3, 0.4) is 0 Å². The van der Waals surface area contributed by atoms with Gasteiger partial charge < -0.3 is 5.32 Å². The second-order valence-corrected chi connectivity index (χ2v) is 6.00. The Morgan fingerprint density at radius 1 is 1.22 bits per heavy atom. The number of carbonyl (C=O) groups excluding carboxylic acids is 1. The lowest BCUT2D eigenvalue weighted by molar-refractivity contribution is -0.110. The van der Waals surface area contributed by atoms with Crippen LogP contribution in [0.5, 0.6) is 0 Å². The third-order valence-electron chi connectivity index (χ3n) is 3.58. The molecule has 0 bridgehead atoms. The van der Waals surface area contributed by atoms with Gasteiger partial charge in [0.25, 0.3) is 5.91 Å². The highest BCUT2D eigenvalue weighted by Gasteiger charge is 2.26. The van der Waals surface area contributed by atoms with Gasteiger partial charge in [0.2, 0.25) is 0 Å². The fourth-order valence-corrected chi connectivity index (χ4v) is 2.79. The average molecular weight is 354 g/mol. The summed E-state index contributed by atoms with van der Waals surface area (Å²) in [4.78, 5) is 12.1. The summed E-state index contributed by atoms with van der Waals surface area (Å²) in [6, 6.07) is 2.49. The topological polar surface area (TPSA) is 29.1 Å². The molecule has 1 aromatic rings. The van der Waals surface area contributed by atoms with Crippen LogP contribution < -0.4 is 5.32 Å². The maximum absolute atomic E-state index is 14.4. The number of carbonyl (C=O) groups is 1. The van der Waals surface area contributed by atoms with Crippen LogP contribution in [0.2, 0.25) is 5.02 Å². The first-order valence-electron chi connectivity index (χ1n) is 6.91. The summed E-state index contributed by atoms with van der Waals surface area (Å²) in [5, 5.41) is 2.59. The van der Waals surface area contributed by atoms with E-state index in [4.69, 9.17) is 23.2 Å². The van der Waals surface area contributed by atoms with Crippen molar-refractivity contribution < 1.29 is 13.6 Å². The smallest absolute Gasteiger partial charge is 0.256 e. The molecule has 1 amide bonds. The standard InChI is InChI=1S/C17H11Cl2F2NO/c18-12-5-3-1-2-4-9(16(12)21)6-11-10-7-14(20)13(19)8-15(10)22-17(11)23/h1-2,4,6-8H,3,5H2,(H,22,23)/b2-1?,9-4?,11-6+,16-12?. The van der Waals surface area contributed by atoms with E-state index in [0.717, 1.165) is 6.07 Å². The van der Waals surface area contributed by atoms with E-state index in [0.29, 0.717) is 24.1 Å². The number of hydrogen-bond acceptors (Lipinski definition) is 1. The Bertz CT molecular complexity index is 822. The van der Waals surface area contributed by atoms with Crippen molar-refractivity contribution in [3.05, 3.63) is 69.3 Å². The van der Waals surface area contributed by atoms with Crippen LogP contribution in [0.1, 0.15) is 18.4 Å². The lowest BCUT2D eigenvalue weighted by Gasteiger charge is -2.06. The maximum Gasteiger partial charge on any atom is 0.256 e. The summed E-state index contributed by atoms with van der Waals surface area (Å²) < 4.78 is 28.0. The minimum atomic E-state index is -0.645. The van der Waals surface area contributed by atoms with Crippen LogP contribution in [0, 0.1) is 5.82 Å². The van der Waals surface area contributed by atoms with Gasteiger partial charge in [-0.2, -0.15) is 0 Å². The Balaban J connectivity index is 2.12. The zero-order chi connectivity index (χ0) is 16.6. The van der Waals surface area contributed by atoms with Gasteiger partial charge in [-0.15, -0.1) is 0 Å². The van der Waals surface area contributed by atoms with Crippen LogP contribution >= 0.6 is 23.2 Å². The maximum atomic E-state index is 14.4. The lowest BCUT2D eigenvalue weighted by Crippen LogP contribution is -2.04.